The molecule has 0 radical (unpaired) electrons. The van der Waals surface area contributed by atoms with Crippen molar-refractivity contribution in [2.45, 2.75) is 13.8 Å². The van der Waals surface area contributed by atoms with E-state index < -0.39 is 0 Å². The standard InChI is InChI=1S/C13H10BrN3O/c1-8-5-10(14)3-4-12(8)18-13-16-9(2)6-11(7-15)17-13/h3-6H,1-2H3. The number of nitrogens with zero attached hydrogens (tertiary/aromatic N) is 3. The van der Waals surface area contributed by atoms with Crippen molar-refractivity contribution in [3.05, 3.63) is 45.7 Å². The molecule has 0 saturated carbocycles. The predicted molar refractivity (Wildman–Crippen MR) is 70.4 cm³/mol. The Hall–Kier alpha value is -1.93. The molecule has 0 aliphatic heterocycles. The molecule has 0 aliphatic rings. The summed E-state index contributed by atoms with van der Waals surface area (Å²) < 4.78 is 6.57. The summed E-state index contributed by atoms with van der Waals surface area (Å²) in [6.07, 6.45) is 0. The molecule has 4 nitrogen and oxygen atoms in total. The highest BCUT2D eigenvalue weighted by molar-refractivity contribution is 9.10. The van der Waals surface area contributed by atoms with Gasteiger partial charge in [0.05, 0.1) is 0 Å². The molecule has 0 bridgehead atoms. The number of halogens is 1. The van der Waals surface area contributed by atoms with E-state index in [0.29, 0.717) is 17.1 Å². The Balaban J connectivity index is 2.34. The molecule has 0 fully saturated rings. The van der Waals surface area contributed by atoms with Crippen molar-refractivity contribution in [1.82, 2.24) is 9.97 Å². The third-order valence-electron chi connectivity index (χ3n) is 2.29. The maximum atomic E-state index is 8.84. The van der Waals surface area contributed by atoms with Gasteiger partial charge in [0.25, 0.3) is 0 Å². The molecule has 1 heterocycles. The average molecular weight is 304 g/mol. The SMILES string of the molecule is Cc1cc(C#N)nc(Oc2ccc(Br)cc2C)n1. The molecule has 5 heteroatoms. The Bertz CT molecular complexity index is 635. The highest BCUT2D eigenvalue weighted by Gasteiger charge is 2.06. The van der Waals surface area contributed by atoms with Gasteiger partial charge < -0.3 is 4.74 Å². The molecule has 2 rings (SSSR count). The van der Waals surface area contributed by atoms with Crippen LogP contribution < -0.4 is 4.74 Å². The lowest BCUT2D eigenvalue weighted by atomic mass is 10.2. The maximum absolute atomic E-state index is 8.84. The minimum Gasteiger partial charge on any atom is -0.424 e. The third kappa shape index (κ3) is 2.84. The van der Waals surface area contributed by atoms with Crippen LogP contribution in [0.1, 0.15) is 17.0 Å². The Morgan fingerprint density at radius 1 is 1.22 bits per heavy atom. The van der Waals surface area contributed by atoms with E-state index in [1.807, 2.05) is 31.2 Å². The van der Waals surface area contributed by atoms with Crippen molar-refractivity contribution in [3.63, 3.8) is 0 Å². The zero-order chi connectivity index (χ0) is 13.1. The molecule has 0 spiro atoms. The Morgan fingerprint density at radius 3 is 2.67 bits per heavy atom. The zero-order valence-electron chi connectivity index (χ0n) is 9.94. The summed E-state index contributed by atoms with van der Waals surface area (Å²) in [6.45, 7) is 3.73. The van der Waals surface area contributed by atoms with Crippen LogP contribution in [0.4, 0.5) is 0 Å². The first kappa shape index (κ1) is 12.5. The number of benzene rings is 1. The van der Waals surface area contributed by atoms with Gasteiger partial charge in [0, 0.05) is 10.2 Å². The molecule has 0 aliphatic carbocycles. The van der Waals surface area contributed by atoms with Gasteiger partial charge in [-0.05, 0) is 43.7 Å². The van der Waals surface area contributed by atoms with Gasteiger partial charge >= 0.3 is 6.01 Å². The van der Waals surface area contributed by atoms with Gasteiger partial charge in [0.15, 0.2) is 0 Å². The quantitative estimate of drug-likeness (QED) is 0.851. The Kier molecular flexibility index (Phi) is 3.58. The maximum Gasteiger partial charge on any atom is 0.323 e. The molecule has 0 saturated heterocycles. The van der Waals surface area contributed by atoms with Crippen LogP contribution in [0, 0.1) is 25.2 Å². The minimum absolute atomic E-state index is 0.192. The number of hydrogen-bond acceptors (Lipinski definition) is 4. The van der Waals surface area contributed by atoms with E-state index in [4.69, 9.17) is 10.00 Å². The highest BCUT2D eigenvalue weighted by atomic mass is 79.9. The van der Waals surface area contributed by atoms with E-state index in [0.717, 1.165) is 10.0 Å². The zero-order valence-corrected chi connectivity index (χ0v) is 11.5. The molecule has 1 aromatic carbocycles. The second-order valence-corrected chi connectivity index (χ2v) is 4.72. The van der Waals surface area contributed by atoms with Crippen LogP contribution in [0.15, 0.2) is 28.7 Å². The average Bonchev–Trinajstić information content (AvgIpc) is 2.32. The fraction of sp³-hybridized carbons (Fsp3) is 0.154. The molecule has 2 aromatic rings. The van der Waals surface area contributed by atoms with Crippen molar-refractivity contribution < 1.29 is 4.74 Å². The summed E-state index contributed by atoms with van der Waals surface area (Å²) >= 11 is 3.39. The van der Waals surface area contributed by atoms with Crippen LogP contribution in [0.3, 0.4) is 0 Å². The molecule has 0 unspecified atom stereocenters. The van der Waals surface area contributed by atoms with E-state index in [9.17, 15) is 0 Å². The highest BCUT2D eigenvalue weighted by Crippen LogP contribution is 2.25. The van der Waals surface area contributed by atoms with Crippen molar-refractivity contribution >= 4 is 15.9 Å². The first-order valence-electron chi connectivity index (χ1n) is 5.28. The summed E-state index contributed by atoms with van der Waals surface area (Å²) in [5.74, 6) is 0.674. The molecular weight excluding hydrogens is 294 g/mol. The third-order valence-corrected chi connectivity index (χ3v) is 2.78. The first-order chi connectivity index (χ1) is 8.58. The van der Waals surface area contributed by atoms with Crippen molar-refractivity contribution in [2.24, 2.45) is 0 Å². The number of aromatic nitrogens is 2. The molecular formula is C13H10BrN3O. The van der Waals surface area contributed by atoms with Crippen molar-refractivity contribution in [3.8, 4) is 17.8 Å². The van der Waals surface area contributed by atoms with Gasteiger partial charge in [-0.25, -0.2) is 4.98 Å². The number of rotatable bonds is 2. The number of aryl methyl sites for hydroxylation is 2. The van der Waals surface area contributed by atoms with Gasteiger partial charge in [0.1, 0.15) is 17.5 Å². The normalized spacial score (nSPS) is 9.89. The van der Waals surface area contributed by atoms with Crippen molar-refractivity contribution in [2.75, 3.05) is 0 Å². The summed E-state index contributed by atoms with van der Waals surface area (Å²) in [7, 11) is 0. The van der Waals surface area contributed by atoms with Gasteiger partial charge in [-0.1, -0.05) is 15.9 Å². The molecule has 90 valence electrons. The molecule has 18 heavy (non-hydrogen) atoms. The lowest BCUT2D eigenvalue weighted by molar-refractivity contribution is 0.436. The molecule has 0 N–H and O–H groups in total. The largest absolute Gasteiger partial charge is 0.424 e. The summed E-state index contributed by atoms with van der Waals surface area (Å²) in [6, 6.07) is 9.43. The number of hydrogen-bond donors (Lipinski definition) is 0. The van der Waals surface area contributed by atoms with E-state index in [1.54, 1.807) is 13.0 Å². The second-order valence-electron chi connectivity index (χ2n) is 3.80. The molecule has 0 atom stereocenters. The summed E-state index contributed by atoms with van der Waals surface area (Å²) in [5, 5.41) is 8.84. The monoisotopic (exact) mass is 303 g/mol. The lowest BCUT2D eigenvalue weighted by Crippen LogP contribution is -1.97. The second kappa shape index (κ2) is 5.15. The van der Waals surface area contributed by atoms with Gasteiger partial charge in [-0.2, -0.15) is 10.2 Å². The van der Waals surface area contributed by atoms with Crippen LogP contribution in [-0.2, 0) is 0 Å². The number of nitriles is 1. The molecule has 1 aromatic heterocycles. The van der Waals surface area contributed by atoms with Crippen LogP contribution in [-0.4, -0.2) is 9.97 Å². The van der Waals surface area contributed by atoms with E-state index >= 15 is 0 Å². The minimum atomic E-state index is 0.192. The van der Waals surface area contributed by atoms with Crippen LogP contribution in [0.25, 0.3) is 0 Å². The Morgan fingerprint density at radius 2 is 2.00 bits per heavy atom. The predicted octanol–water partition coefficient (Wildman–Crippen LogP) is 3.52. The first-order valence-corrected chi connectivity index (χ1v) is 6.07. The topological polar surface area (TPSA) is 58.8 Å². The van der Waals surface area contributed by atoms with Gasteiger partial charge in [0.2, 0.25) is 0 Å². The van der Waals surface area contributed by atoms with Crippen LogP contribution >= 0.6 is 15.9 Å². The van der Waals surface area contributed by atoms with E-state index in [-0.39, 0.29) is 6.01 Å². The lowest BCUT2D eigenvalue weighted by Gasteiger charge is -2.07. The summed E-state index contributed by atoms with van der Waals surface area (Å²) in [5.41, 5.74) is 1.96. The summed E-state index contributed by atoms with van der Waals surface area (Å²) in [4.78, 5) is 8.15. The van der Waals surface area contributed by atoms with Gasteiger partial charge in [-0.15, -0.1) is 0 Å². The van der Waals surface area contributed by atoms with E-state index in [2.05, 4.69) is 25.9 Å². The van der Waals surface area contributed by atoms with Crippen molar-refractivity contribution in [1.29, 1.82) is 5.26 Å². The van der Waals surface area contributed by atoms with Crippen LogP contribution in [0.5, 0.6) is 11.8 Å². The fourth-order valence-corrected chi connectivity index (χ4v) is 1.95. The van der Waals surface area contributed by atoms with Crippen LogP contribution in [0.2, 0.25) is 0 Å². The van der Waals surface area contributed by atoms with Gasteiger partial charge in [-0.3, -0.25) is 0 Å². The molecule has 0 amide bonds. The smallest absolute Gasteiger partial charge is 0.323 e. The fourth-order valence-electron chi connectivity index (χ4n) is 1.47. The Labute approximate surface area is 113 Å². The van der Waals surface area contributed by atoms with E-state index in [1.165, 1.54) is 0 Å². The number of ether oxygens (including phenoxy) is 1.